The van der Waals surface area contributed by atoms with E-state index in [9.17, 15) is 4.79 Å². The maximum atomic E-state index is 10.8. The molecule has 0 spiro atoms. The minimum absolute atomic E-state index is 0.0959. The quantitative estimate of drug-likeness (QED) is 0.876. The average Bonchev–Trinajstić information content (AvgIpc) is 2.41. The Kier molecular flexibility index (Phi) is 4.55. The van der Waals surface area contributed by atoms with Crippen molar-refractivity contribution in [2.45, 2.75) is 13.3 Å². The summed E-state index contributed by atoms with van der Waals surface area (Å²) in [4.78, 5) is 15.0. The van der Waals surface area contributed by atoms with Crippen molar-refractivity contribution in [2.24, 2.45) is 0 Å². The van der Waals surface area contributed by atoms with E-state index in [1.807, 2.05) is 6.92 Å². The van der Waals surface area contributed by atoms with E-state index >= 15 is 0 Å². The second kappa shape index (κ2) is 6.56. The van der Waals surface area contributed by atoms with E-state index in [-0.39, 0.29) is 6.42 Å². The third kappa shape index (κ3) is 3.71. The molecule has 5 nitrogen and oxygen atoms in total. The predicted octanol–water partition coefficient (Wildman–Crippen LogP) is 2.90. The van der Waals surface area contributed by atoms with E-state index in [1.165, 1.54) is 0 Å². The summed E-state index contributed by atoms with van der Waals surface area (Å²) in [7, 11) is 0. The summed E-state index contributed by atoms with van der Waals surface area (Å²) in [5.41, 5.74) is 0.601. The Bertz CT molecular complexity index is 598. The Labute approximate surface area is 116 Å². The van der Waals surface area contributed by atoms with Crippen LogP contribution in [0.4, 0.5) is 0 Å². The van der Waals surface area contributed by atoms with Crippen LogP contribution in [0.25, 0.3) is 0 Å². The predicted molar refractivity (Wildman–Crippen MR) is 73.3 cm³/mol. The zero-order valence-corrected chi connectivity index (χ0v) is 11.1. The first-order valence-corrected chi connectivity index (χ1v) is 6.26. The fraction of sp³-hybridized carbons (Fsp3) is 0.200. The van der Waals surface area contributed by atoms with Gasteiger partial charge in [-0.2, -0.15) is 4.98 Å². The molecule has 0 radical (unpaired) electrons. The molecule has 0 amide bonds. The molecule has 1 heterocycles. The first-order valence-electron chi connectivity index (χ1n) is 6.26. The summed E-state index contributed by atoms with van der Waals surface area (Å²) in [5.74, 6) is 0.419. The number of para-hydroxylation sites is 1. The van der Waals surface area contributed by atoms with Gasteiger partial charge in [-0.05, 0) is 13.0 Å². The third-order valence-electron chi connectivity index (χ3n) is 2.52. The van der Waals surface area contributed by atoms with Gasteiger partial charge in [-0.15, -0.1) is 0 Å². The van der Waals surface area contributed by atoms with Crippen molar-refractivity contribution in [3.8, 4) is 17.5 Å². The van der Waals surface area contributed by atoms with Gasteiger partial charge in [0.1, 0.15) is 5.75 Å². The highest BCUT2D eigenvalue weighted by molar-refractivity contribution is 5.71. The van der Waals surface area contributed by atoms with Crippen molar-refractivity contribution in [2.75, 3.05) is 6.61 Å². The smallest absolute Gasteiger partial charge is 0.307 e. The largest absolute Gasteiger partial charge is 0.481 e. The molecule has 0 aliphatic carbocycles. The van der Waals surface area contributed by atoms with Crippen molar-refractivity contribution in [1.82, 2.24) is 4.98 Å². The van der Waals surface area contributed by atoms with Gasteiger partial charge >= 0.3 is 5.97 Å². The van der Waals surface area contributed by atoms with E-state index in [2.05, 4.69) is 4.98 Å². The van der Waals surface area contributed by atoms with E-state index in [1.54, 1.807) is 42.5 Å². The number of aromatic nitrogens is 1. The number of aliphatic carboxylic acids is 1. The molecule has 2 aromatic rings. The lowest BCUT2D eigenvalue weighted by atomic mass is 10.1. The number of ether oxygens (including phenoxy) is 2. The molecule has 0 saturated heterocycles. The van der Waals surface area contributed by atoms with E-state index in [0.29, 0.717) is 29.7 Å². The second-order valence-electron chi connectivity index (χ2n) is 4.03. The van der Waals surface area contributed by atoms with Crippen LogP contribution in [0.2, 0.25) is 0 Å². The molecule has 104 valence electrons. The standard InChI is InChI=1S/C15H15NO4/c1-2-19-13-8-5-9-14(16-13)20-12-7-4-3-6-11(12)10-15(17)18/h3-9H,2,10H2,1H3,(H,17,18). The Morgan fingerprint density at radius 1 is 1.15 bits per heavy atom. The van der Waals surface area contributed by atoms with Crippen molar-refractivity contribution in [3.63, 3.8) is 0 Å². The molecular weight excluding hydrogens is 258 g/mol. The van der Waals surface area contributed by atoms with Crippen LogP contribution >= 0.6 is 0 Å². The normalized spacial score (nSPS) is 10.1. The molecular formula is C15H15NO4. The average molecular weight is 273 g/mol. The number of benzene rings is 1. The Morgan fingerprint density at radius 3 is 2.65 bits per heavy atom. The molecule has 0 saturated carbocycles. The first kappa shape index (κ1) is 13.9. The summed E-state index contributed by atoms with van der Waals surface area (Å²) in [6.07, 6.45) is -0.0959. The van der Waals surface area contributed by atoms with Crippen molar-refractivity contribution in [1.29, 1.82) is 0 Å². The van der Waals surface area contributed by atoms with Crippen LogP contribution in [0.3, 0.4) is 0 Å². The molecule has 1 aromatic heterocycles. The zero-order chi connectivity index (χ0) is 14.4. The molecule has 5 heteroatoms. The summed E-state index contributed by atoms with van der Waals surface area (Å²) in [6.45, 7) is 2.39. The van der Waals surface area contributed by atoms with Gasteiger partial charge < -0.3 is 14.6 Å². The van der Waals surface area contributed by atoms with Gasteiger partial charge in [-0.3, -0.25) is 4.79 Å². The second-order valence-corrected chi connectivity index (χ2v) is 4.03. The van der Waals surface area contributed by atoms with Crippen molar-refractivity contribution < 1.29 is 19.4 Å². The highest BCUT2D eigenvalue weighted by Crippen LogP contribution is 2.25. The maximum Gasteiger partial charge on any atom is 0.307 e. The molecule has 0 fully saturated rings. The van der Waals surface area contributed by atoms with Crippen LogP contribution in [0.15, 0.2) is 42.5 Å². The minimum atomic E-state index is -0.905. The number of carboxylic acids is 1. The molecule has 0 aliphatic heterocycles. The molecule has 0 unspecified atom stereocenters. The van der Waals surface area contributed by atoms with Crippen molar-refractivity contribution in [3.05, 3.63) is 48.0 Å². The van der Waals surface area contributed by atoms with Crippen LogP contribution in [0, 0.1) is 0 Å². The lowest BCUT2D eigenvalue weighted by Gasteiger charge is -2.10. The number of pyridine rings is 1. The fourth-order valence-electron chi connectivity index (χ4n) is 1.71. The molecule has 20 heavy (non-hydrogen) atoms. The van der Waals surface area contributed by atoms with Crippen LogP contribution in [0.5, 0.6) is 17.5 Å². The summed E-state index contributed by atoms with van der Waals surface area (Å²) in [5, 5.41) is 8.88. The van der Waals surface area contributed by atoms with Gasteiger partial charge in [0.25, 0.3) is 0 Å². The molecule has 0 atom stereocenters. The van der Waals surface area contributed by atoms with Crippen LogP contribution in [-0.2, 0) is 11.2 Å². The van der Waals surface area contributed by atoms with Gasteiger partial charge in [-0.25, -0.2) is 0 Å². The SMILES string of the molecule is CCOc1cccc(Oc2ccccc2CC(=O)O)n1. The first-order chi connectivity index (χ1) is 9.69. The van der Waals surface area contributed by atoms with Gasteiger partial charge in [0.15, 0.2) is 0 Å². The van der Waals surface area contributed by atoms with Crippen LogP contribution in [0.1, 0.15) is 12.5 Å². The number of carbonyl (C=O) groups is 1. The molecule has 1 aromatic carbocycles. The molecule has 0 aliphatic rings. The van der Waals surface area contributed by atoms with Crippen molar-refractivity contribution >= 4 is 5.97 Å². The zero-order valence-electron chi connectivity index (χ0n) is 11.1. The number of hydrogen-bond donors (Lipinski definition) is 1. The van der Waals surface area contributed by atoms with Crippen LogP contribution in [-0.4, -0.2) is 22.7 Å². The Balaban J connectivity index is 2.21. The number of hydrogen-bond acceptors (Lipinski definition) is 4. The lowest BCUT2D eigenvalue weighted by molar-refractivity contribution is -0.136. The van der Waals surface area contributed by atoms with Gasteiger partial charge in [0.05, 0.1) is 13.0 Å². The van der Waals surface area contributed by atoms with Crippen LogP contribution < -0.4 is 9.47 Å². The Hall–Kier alpha value is -2.56. The summed E-state index contributed by atoms with van der Waals surface area (Å²) < 4.78 is 10.9. The lowest BCUT2D eigenvalue weighted by Crippen LogP contribution is -2.02. The highest BCUT2D eigenvalue weighted by atomic mass is 16.5. The number of nitrogens with zero attached hydrogens (tertiary/aromatic N) is 1. The maximum absolute atomic E-state index is 10.8. The molecule has 0 bridgehead atoms. The Morgan fingerprint density at radius 2 is 1.90 bits per heavy atom. The third-order valence-corrected chi connectivity index (χ3v) is 2.52. The van der Waals surface area contributed by atoms with E-state index in [4.69, 9.17) is 14.6 Å². The monoisotopic (exact) mass is 273 g/mol. The van der Waals surface area contributed by atoms with E-state index < -0.39 is 5.97 Å². The number of carboxylic acid groups (broad SMARTS) is 1. The summed E-state index contributed by atoms with van der Waals surface area (Å²) >= 11 is 0. The summed E-state index contributed by atoms with van der Waals surface area (Å²) in [6, 6.07) is 12.2. The van der Waals surface area contributed by atoms with Gasteiger partial charge in [-0.1, -0.05) is 24.3 Å². The highest BCUT2D eigenvalue weighted by Gasteiger charge is 2.09. The van der Waals surface area contributed by atoms with Gasteiger partial charge in [0.2, 0.25) is 11.8 Å². The fourth-order valence-corrected chi connectivity index (χ4v) is 1.71. The molecule has 1 N–H and O–H groups in total. The number of rotatable bonds is 6. The topological polar surface area (TPSA) is 68.7 Å². The minimum Gasteiger partial charge on any atom is -0.481 e. The van der Waals surface area contributed by atoms with Gasteiger partial charge in [0, 0.05) is 17.7 Å². The van der Waals surface area contributed by atoms with E-state index in [0.717, 1.165) is 0 Å². The molecule has 2 rings (SSSR count).